The topological polar surface area (TPSA) is 83.0 Å². The van der Waals surface area contributed by atoms with Crippen molar-refractivity contribution in [2.24, 2.45) is 4.99 Å². The molecule has 0 atom stereocenters. The average molecular weight is 456 g/mol. The van der Waals surface area contributed by atoms with Crippen LogP contribution < -0.4 is 10.6 Å². The Morgan fingerprint density at radius 1 is 1.26 bits per heavy atom. The van der Waals surface area contributed by atoms with Gasteiger partial charge in [0.05, 0.1) is 11.5 Å². The van der Waals surface area contributed by atoms with Gasteiger partial charge >= 0.3 is 0 Å². The fourth-order valence-corrected chi connectivity index (χ4v) is 2.88. The summed E-state index contributed by atoms with van der Waals surface area (Å²) in [4.78, 5) is 4.37. The summed E-state index contributed by atoms with van der Waals surface area (Å²) in [7, 11) is 2.85. The van der Waals surface area contributed by atoms with Crippen LogP contribution in [0.25, 0.3) is 0 Å². The van der Waals surface area contributed by atoms with Gasteiger partial charge in [0, 0.05) is 41.3 Å². The van der Waals surface area contributed by atoms with Gasteiger partial charge in [0.1, 0.15) is 0 Å². The zero-order valence-corrected chi connectivity index (χ0v) is 17.0. The number of nitrogens with zero attached hydrogens (tertiary/aromatic N) is 2. The number of ether oxygens (including phenoxy) is 1. The van der Waals surface area contributed by atoms with Crippen molar-refractivity contribution in [3.05, 3.63) is 29.8 Å². The van der Waals surface area contributed by atoms with Crippen LogP contribution in [-0.2, 0) is 21.3 Å². The summed E-state index contributed by atoms with van der Waals surface area (Å²) in [6.07, 6.45) is 0. The third-order valence-corrected chi connectivity index (χ3v) is 4.92. The molecule has 9 heteroatoms. The van der Waals surface area contributed by atoms with Crippen LogP contribution in [-0.4, -0.2) is 60.1 Å². The molecule has 7 nitrogen and oxygen atoms in total. The summed E-state index contributed by atoms with van der Waals surface area (Å²) in [5, 5.41) is 6.17. The molecule has 0 saturated heterocycles. The number of sulfonamides is 1. The Morgan fingerprint density at radius 2 is 1.91 bits per heavy atom. The molecule has 0 bridgehead atoms. The van der Waals surface area contributed by atoms with Crippen molar-refractivity contribution in [1.82, 2.24) is 14.9 Å². The molecule has 0 heterocycles. The van der Waals surface area contributed by atoms with Crippen molar-refractivity contribution >= 4 is 40.0 Å². The zero-order valence-electron chi connectivity index (χ0n) is 13.9. The van der Waals surface area contributed by atoms with Crippen LogP contribution in [0.15, 0.2) is 34.2 Å². The number of halogens is 1. The first-order valence-electron chi connectivity index (χ1n) is 6.87. The van der Waals surface area contributed by atoms with Crippen LogP contribution in [0.1, 0.15) is 5.56 Å². The van der Waals surface area contributed by atoms with Gasteiger partial charge in [-0.2, -0.15) is 0 Å². The number of methoxy groups -OCH3 is 1. The molecule has 1 aromatic carbocycles. The molecular weight excluding hydrogens is 431 g/mol. The number of guanidine groups is 1. The van der Waals surface area contributed by atoms with E-state index in [2.05, 4.69) is 15.6 Å². The molecule has 0 radical (unpaired) electrons. The maximum Gasteiger partial charge on any atom is 0.242 e. The van der Waals surface area contributed by atoms with Crippen molar-refractivity contribution < 1.29 is 13.2 Å². The quantitative estimate of drug-likeness (QED) is 0.276. The van der Waals surface area contributed by atoms with Crippen LogP contribution >= 0.6 is 24.0 Å². The highest BCUT2D eigenvalue weighted by atomic mass is 127. The van der Waals surface area contributed by atoms with Gasteiger partial charge in [0.25, 0.3) is 0 Å². The van der Waals surface area contributed by atoms with Gasteiger partial charge in [-0.15, -0.1) is 24.0 Å². The SMILES string of the molecule is CN=C(NCCOC)NCc1ccccc1S(=O)(=O)N(C)C.I. The molecule has 0 saturated carbocycles. The van der Waals surface area contributed by atoms with E-state index in [9.17, 15) is 8.42 Å². The molecule has 0 spiro atoms. The van der Waals surface area contributed by atoms with Crippen molar-refractivity contribution in [2.45, 2.75) is 11.4 Å². The predicted octanol–water partition coefficient (Wildman–Crippen LogP) is 0.866. The molecule has 0 unspecified atom stereocenters. The van der Waals surface area contributed by atoms with Crippen LogP contribution in [0.3, 0.4) is 0 Å². The highest BCUT2D eigenvalue weighted by molar-refractivity contribution is 14.0. The van der Waals surface area contributed by atoms with E-state index >= 15 is 0 Å². The van der Waals surface area contributed by atoms with Gasteiger partial charge in [-0.1, -0.05) is 18.2 Å². The summed E-state index contributed by atoms with van der Waals surface area (Å²) in [6, 6.07) is 6.91. The Labute approximate surface area is 155 Å². The highest BCUT2D eigenvalue weighted by Gasteiger charge is 2.20. The molecule has 0 aliphatic rings. The number of nitrogens with one attached hydrogen (secondary N) is 2. The van der Waals surface area contributed by atoms with Crippen molar-refractivity contribution in [3.63, 3.8) is 0 Å². The first kappa shape index (κ1) is 22.1. The Hall–Kier alpha value is -0.910. The highest BCUT2D eigenvalue weighted by Crippen LogP contribution is 2.18. The van der Waals surface area contributed by atoms with Gasteiger partial charge in [0.15, 0.2) is 5.96 Å². The Morgan fingerprint density at radius 3 is 2.48 bits per heavy atom. The molecular formula is C14H25IN4O3S. The second kappa shape index (κ2) is 10.8. The van der Waals surface area contributed by atoms with E-state index in [4.69, 9.17) is 4.74 Å². The third-order valence-electron chi connectivity index (χ3n) is 3.00. The summed E-state index contributed by atoms with van der Waals surface area (Å²) < 4.78 is 30.8. The van der Waals surface area contributed by atoms with Crippen LogP contribution in [0.4, 0.5) is 0 Å². The number of aliphatic imine (C=N–C) groups is 1. The summed E-state index contributed by atoms with van der Waals surface area (Å²) in [6.45, 7) is 1.54. The van der Waals surface area contributed by atoms with Gasteiger partial charge in [0.2, 0.25) is 10.0 Å². The molecule has 2 N–H and O–H groups in total. The minimum Gasteiger partial charge on any atom is -0.383 e. The first-order valence-corrected chi connectivity index (χ1v) is 8.31. The molecule has 23 heavy (non-hydrogen) atoms. The largest absolute Gasteiger partial charge is 0.383 e. The maximum atomic E-state index is 12.3. The van der Waals surface area contributed by atoms with E-state index < -0.39 is 10.0 Å². The van der Waals surface area contributed by atoms with E-state index in [1.807, 2.05) is 6.07 Å². The number of benzene rings is 1. The molecule has 0 aromatic heterocycles. The van der Waals surface area contributed by atoms with Gasteiger partial charge < -0.3 is 15.4 Å². The fraction of sp³-hybridized carbons (Fsp3) is 0.500. The Kier molecular flexibility index (Phi) is 10.4. The van der Waals surface area contributed by atoms with Gasteiger partial charge in [-0.3, -0.25) is 4.99 Å². The zero-order chi connectivity index (χ0) is 16.6. The van der Waals surface area contributed by atoms with Crippen LogP contribution in [0, 0.1) is 0 Å². The number of hydrogen-bond acceptors (Lipinski definition) is 4. The lowest BCUT2D eigenvalue weighted by Gasteiger charge is -2.16. The maximum absolute atomic E-state index is 12.3. The Balaban J connectivity index is 0.00000484. The van der Waals surface area contributed by atoms with Gasteiger partial charge in [-0.25, -0.2) is 12.7 Å². The summed E-state index contributed by atoms with van der Waals surface area (Å²) >= 11 is 0. The lowest BCUT2D eigenvalue weighted by Crippen LogP contribution is -2.38. The average Bonchev–Trinajstić information content (AvgIpc) is 2.50. The second-order valence-electron chi connectivity index (χ2n) is 4.74. The van der Waals surface area contributed by atoms with Crippen LogP contribution in [0.5, 0.6) is 0 Å². The lowest BCUT2D eigenvalue weighted by molar-refractivity contribution is 0.203. The van der Waals surface area contributed by atoms with Crippen molar-refractivity contribution in [2.75, 3.05) is 41.4 Å². The van der Waals surface area contributed by atoms with Crippen molar-refractivity contribution in [1.29, 1.82) is 0 Å². The minimum atomic E-state index is -3.47. The first-order chi connectivity index (χ1) is 10.4. The van der Waals surface area contributed by atoms with E-state index in [0.29, 0.717) is 36.1 Å². The van der Waals surface area contributed by atoms with E-state index in [1.165, 1.54) is 18.4 Å². The third kappa shape index (κ3) is 6.61. The summed E-state index contributed by atoms with van der Waals surface area (Å²) in [5.41, 5.74) is 0.686. The van der Waals surface area contributed by atoms with Gasteiger partial charge in [-0.05, 0) is 11.6 Å². The minimum absolute atomic E-state index is 0. The molecule has 132 valence electrons. The number of hydrogen-bond donors (Lipinski definition) is 2. The second-order valence-corrected chi connectivity index (χ2v) is 6.86. The van der Waals surface area contributed by atoms with E-state index in [-0.39, 0.29) is 24.0 Å². The smallest absolute Gasteiger partial charge is 0.242 e. The molecule has 1 rings (SSSR count). The molecule has 0 amide bonds. The fourth-order valence-electron chi connectivity index (χ4n) is 1.77. The number of rotatable bonds is 7. The normalized spacial score (nSPS) is 12.0. The summed E-state index contributed by atoms with van der Waals surface area (Å²) in [5.74, 6) is 0.592. The van der Waals surface area contributed by atoms with Crippen molar-refractivity contribution in [3.8, 4) is 0 Å². The Bertz CT molecular complexity index is 606. The van der Waals surface area contributed by atoms with E-state index in [1.54, 1.807) is 32.4 Å². The molecule has 0 aliphatic heterocycles. The standard InChI is InChI=1S/C14H24N4O3S.HI/c1-15-14(16-9-10-21-4)17-11-12-7-5-6-8-13(12)22(19,20)18(2)3;/h5-8H,9-11H2,1-4H3,(H2,15,16,17);1H. The van der Waals surface area contributed by atoms with E-state index in [0.717, 1.165) is 0 Å². The lowest BCUT2D eigenvalue weighted by atomic mass is 10.2. The van der Waals surface area contributed by atoms with Crippen LogP contribution in [0.2, 0.25) is 0 Å². The monoisotopic (exact) mass is 456 g/mol. The molecule has 0 fully saturated rings. The molecule has 1 aromatic rings. The predicted molar refractivity (Wildman–Crippen MR) is 103 cm³/mol. The molecule has 0 aliphatic carbocycles.